The number of hydrogen-bond donors (Lipinski definition) is 1. The SMILES string of the molecule is CNC1CCN(Cc2ccc(-c3cnc4c(c3)c(-c3ccc(OC)nc3)cn4SI)cc2)CC1. The van der Waals surface area contributed by atoms with Gasteiger partial charge in [0, 0.05) is 89.6 Å². The summed E-state index contributed by atoms with van der Waals surface area (Å²) in [6, 6.07) is 15.8. The van der Waals surface area contributed by atoms with E-state index >= 15 is 0 Å². The molecule has 176 valence electrons. The van der Waals surface area contributed by atoms with Crippen molar-refractivity contribution in [3.63, 3.8) is 0 Å². The zero-order valence-electron chi connectivity index (χ0n) is 19.4. The summed E-state index contributed by atoms with van der Waals surface area (Å²) in [6.45, 7) is 3.32. The van der Waals surface area contributed by atoms with Crippen LogP contribution in [-0.2, 0) is 6.54 Å². The molecule has 0 atom stereocenters. The van der Waals surface area contributed by atoms with E-state index in [1.807, 2.05) is 24.5 Å². The summed E-state index contributed by atoms with van der Waals surface area (Å²) >= 11 is 2.29. The maximum Gasteiger partial charge on any atom is 0.212 e. The standard InChI is InChI=1S/C26H28IN5OS/c1-28-22-9-11-31(12-10-22)16-18-3-5-19(6-4-18)21-13-23-24(17-32(34-27)26(23)30-15-21)20-7-8-25(33-2)29-14-20/h3-8,13-15,17,22,28H,9-12,16H2,1-2H3. The minimum absolute atomic E-state index is 0.612. The molecule has 1 N–H and O–H groups in total. The maximum absolute atomic E-state index is 5.22. The number of nitrogens with one attached hydrogen (secondary N) is 1. The van der Waals surface area contributed by atoms with E-state index in [1.54, 1.807) is 16.2 Å². The summed E-state index contributed by atoms with van der Waals surface area (Å²) in [6.07, 6.45) is 8.40. The molecule has 4 aromatic rings. The van der Waals surface area contributed by atoms with Crippen LogP contribution in [0, 0.1) is 0 Å². The molecule has 6 nitrogen and oxygen atoms in total. The fraction of sp³-hybridized carbons (Fsp3) is 0.308. The van der Waals surface area contributed by atoms with Crippen LogP contribution < -0.4 is 10.1 Å². The van der Waals surface area contributed by atoms with E-state index in [2.05, 4.69) is 84.0 Å². The van der Waals surface area contributed by atoms with Crippen LogP contribution in [0.25, 0.3) is 33.3 Å². The van der Waals surface area contributed by atoms with Gasteiger partial charge in [-0.25, -0.2) is 9.97 Å². The number of benzene rings is 1. The first-order chi connectivity index (χ1) is 16.7. The van der Waals surface area contributed by atoms with Crippen molar-refractivity contribution in [2.75, 3.05) is 27.2 Å². The summed E-state index contributed by atoms with van der Waals surface area (Å²) < 4.78 is 7.32. The fourth-order valence-corrected chi connectivity index (χ4v) is 5.88. The van der Waals surface area contributed by atoms with Crippen LogP contribution in [0.3, 0.4) is 0 Å². The first kappa shape index (κ1) is 23.6. The van der Waals surface area contributed by atoms with Gasteiger partial charge >= 0.3 is 0 Å². The summed E-state index contributed by atoms with van der Waals surface area (Å²) in [5.74, 6) is 0.612. The molecular weight excluding hydrogens is 557 g/mol. The van der Waals surface area contributed by atoms with Gasteiger partial charge in [0.15, 0.2) is 5.65 Å². The second kappa shape index (κ2) is 10.6. The molecule has 0 bridgehead atoms. The number of methoxy groups -OCH3 is 1. The van der Waals surface area contributed by atoms with E-state index in [-0.39, 0.29) is 0 Å². The molecule has 0 amide bonds. The molecule has 1 fully saturated rings. The van der Waals surface area contributed by atoms with Gasteiger partial charge in [0.2, 0.25) is 5.88 Å². The van der Waals surface area contributed by atoms with Gasteiger partial charge in [-0.15, -0.1) is 0 Å². The second-order valence-electron chi connectivity index (χ2n) is 8.66. The van der Waals surface area contributed by atoms with Gasteiger partial charge in [0.25, 0.3) is 0 Å². The van der Waals surface area contributed by atoms with Gasteiger partial charge in [0.05, 0.1) is 7.11 Å². The quantitative estimate of drug-likeness (QED) is 0.277. The summed E-state index contributed by atoms with van der Waals surface area (Å²) in [7, 11) is 5.31. The van der Waals surface area contributed by atoms with Gasteiger partial charge in [0.1, 0.15) is 0 Å². The molecule has 3 aromatic heterocycles. The maximum atomic E-state index is 5.22. The topological polar surface area (TPSA) is 55.2 Å². The molecule has 1 aliphatic heterocycles. The Bertz CT molecular complexity index is 1250. The number of pyridine rings is 2. The number of hydrogen-bond acceptors (Lipinski definition) is 6. The average molecular weight is 586 g/mol. The molecule has 0 saturated carbocycles. The lowest BCUT2D eigenvalue weighted by Crippen LogP contribution is -2.40. The number of likely N-dealkylation sites (tertiary alicyclic amines) is 1. The fourth-order valence-electron chi connectivity index (χ4n) is 4.62. The van der Waals surface area contributed by atoms with Gasteiger partial charge in [-0.3, -0.25) is 8.87 Å². The highest BCUT2D eigenvalue weighted by atomic mass is 127. The highest BCUT2D eigenvalue weighted by Gasteiger charge is 2.18. The lowest BCUT2D eigenvalue weighted by atomic mass is 10.0. The van der Waals surface area contributed by atoms with E-state index in [0.717, 1.165) is 47.4 Å². The third-order valence-corrected chi connectivity index (χ3v) is 8.33. The number of rotatable bonds is 7. The van der Waals surface area contributed by atoms with Crippen molar-refractivity contribution in [1.82, 2.24) is 24.2 Å². The molecule has 0 radical (unpaired) electrons. The average Bonchev–Trinajstić information content (AvgIpc) is 3.27. The van der Waals surface area contributed by atoms with Gasteiger partial charge in [-0.2, -0.15) is 0 Å². The van der Waals surface area contributed by atoms with Crippen molar-refractivity contribution >= 4 is 41.4 Å². The number of halogens is 1. The molecule has 1 aromatic carbocycles. The Morgan fingerprint density at radius 3 is 2.41 bits per heavy atom. The van der Waals surface area contributed by atoms with Gasteiger partial charge in [-0.1, -0.05) is 24.3 Å². The first-order valence-electron chi connectivity index (χ1n) is 11.5. The minimum Gasteiger partial charge on any atom is -0.481 e. The molecule has 1 aliphatic rings. The molecule has 1 saturated heterocycles. The largest absolute Gasteiger partial charge is 0.481 e. The van der Waals surface area contributed by atoms with E-state index in [0.29, 0.717) is 11.9 Å². The molecule has 0 unspecified atom stereocenters. The number of piperidine rings is 1. The first-order valence-corrected chi connectivity index (χ1v) is 14.8. The molecule has 0 spiro atoms. The van der Waals surface area contributed by atoms with Crippen LogP contribution in [0.5, 0.6) is 5.88 Å². The van der Waals surface area contributed by atoms with Crippen LogP contribution in [-0.4, -0.2) is 52.1 Å². The number of ether oxygens (including phenoxy) is 1. The molecule has 0 aliphatic carbocycles. The molecule has 4 heterocycles. The zero-order chi connectivity index (χ0) is 23.5. The van der Waals surface area contributed by atoms with Crippen LogP contribution >= 0.6 is 30.3 Å². The molecule has 5 rings (SSSR count). The molecular formula is C26H28IN5OS. The van der Waals surface area contributed by atoms with Gasteiger partial charge in [-0.05, 0) is 56.2 Å². The Morgan fingerprint density at radius 2 is 1.76 bits per heavy atom. The van der Waals surface area contributed by atoms with Crippen molar-refractivity contribution in [2.24, 2.45) is 0 Å². The smallest absolute Gasteiger partial charge is 0.212 e. The Morgan fingerprint density at radius 1 is 1.03 bits per heavy atom. The Balaban J connectivity index is 1.40. The monoisotopic (exact) mass is 585 g/mol. The summed E-state index contributed by atoms with van der Waals surface area (Å²) in [4.78, 5) is 11.8. The third-order valence-electron chi connectivity index (χ3n) is 6.63. The lowest BCUT2D eigenvalue weighted by molar-refractivity contribution is 0.194. The van der Waals surface area contributed by atoms with Crippen LogP contribution in [0.15, 0.2) is 61.1 Å². The normalized spacial score (nSPS) is 15.1. The van der Waals surface area contributed by atoms with E-state index < -0.39 is 0 Å². The highest BCUT2D eigenvalue weighted by molar-refractivity contribution is 14.2. The van der Waals surface area contributed by atoms with Gasteiger partial charge < -0.3 is 10.1 Å². The predicted molar refractivity (Wildman–Crippen MR) is 149 cm³/mol. The highest BCUT2D eigenvalue weighted by Crippen LogP contribution is 2.36. The lowest BCUT2D eigenvalue weighted by Gasteiger charge is -2.31. The molecule has 34 heavy (non-hydrogen) atoms. The van der Waals surface area contributed by atoms with Crippen molar-refractivity contribution in [3.05, 3.63) is 66.6 Å². The Labute approximate surface area is 216 Å². The van der Waals surface area contributed by atoms with E-state index in [4.69, 9.17) is 9.72 Å². The Kier molecular flexibility index (Phi) is 7.38. The summed E-state index contributed by atoms with van der Waals surface area (Å²) in [5, 5.41) is 4.52. The van der Waals surface area contributed by atoms with Crippen molar-refractivity contribution in [3.8, 4) is 28.1 Å². The predicted octanol–water partition coefficient (Wildman–Crippen LogP) is 5.80. The van der Waals surface area contributed by atoms with Crippen LogP contribution in [0.1, 0.15) is 18.4 Å². The third kappa shape index (κ3) is 4.95. The minimum atomic E-state index is 0.612. The van der Waals surface area contributed by atoms with Crippen LogP contribution in [0.2, 0.25) is 0 Å². The van der Waals surface area contributed by atoms with Crippen molar-refractivity contribution in [2.45, 2.75) is 25.4 Å². The number of aromatic nitrogens is 3. The molecule has 8 heteroatoms. The number of fused-ring (bicyclic) bond motifs is 1. The van der Waals surface area contributed by atoms with Crippen LogP contribution in [0.4, 0.5) is 0 Å². The van der Waals surface area contributed by atoms with E-state index in [9.17, 15) is 0 Å². The Hall–Kier alpha value is -2.14. The van der Waals surface area contributed by atoms with E-state index in [1.165, 1.54) is 24.0 Å². The van der Waals surface area contributed by atoms with Crippen molar-refractivity contribution in [1.29, 1.82) is 0 Å². The summed E-state index contributed by atoms with van der Waals surface area (Å²) in [5.41, 5.74) is 6.78. The zero-order valence-corrected chi connectivity index (χ0v) is 22.3. The second-order valence-corrected chi connectivity index (χ2v) is 10.4. The number of nitrogens with zero attached hydrogens (tertiary/aromatic N) is 4. The van der Waals surface area contributed by atoms with Crippen molar-refractivity contribution < 1.29 is 4.74 Å².